The largest absolute Gasteiger partial charge is 0.438 e. The number of fused-ring (bicyclic) bond motifs is 4. The second-order valence-corrected chi connectivity index (χ2v) is 7.58. The van der Waals surface area contributed by atoms with Gasteiger partial charge < -0.3 is 10.1 Å². The summed E-state index contributed by atoms with van der Waals surface area (Å²) in [6.07, 6.45) is 1.56. The maximum absolute atomic E-state index is 6.43. The van der Waals surface area contributed by atoms with E-state index < -0.39 is 0 Å². The number of anilines is 2. The third kappa shape index (κ3) is 3.01. The normalized spacial score (nSPS) is 14.4. The molecule has 0 fully saturated rings. The van der Waals surface area contributed by atoms with Crippen molar-refractivity contribution in [2.75, 3.05) is 5.32 Å². The summed E-state index contributed by atoms with van der Waals surface area (Å²) in [4.78, 5) is 9.13. The van der Waals surface area contributed by atoms with Crippen molar-refractivity contribution in [3.05, 3.63) is 120 Å². The van der Waals surface area contributed by atoms with Crippen molar-refractivity contribution < 1.29 is 4.74 Å². The molecule has 4 nitrogen and oxygen atoms in total. The van der Waals surface area contributed by atoms with Crippen molar-refractivity contribution in [3.63, 3.8) is 0 Å². The van der Waals surface area contributed by atoms with Crippen LogP contribution in [0.3, 0.4) is 0 Å². The maximum atomic E-state index is 6.43. The summed E-state index contributed by atoms with van der Waals surface area (Å²) in [5, 5.41) is 5.70. The van der Waals surface area contributed by atoms with E-state index in [-0.39, 0.29) is 5.92 Å². The fourth-order valence-electron chi connectivity index (χ4n) is 4.32. The van der Waals surface area contributed by atoms with Gasteiger partial charge in [-0.1, -0.05) is 84.9 Å². The number of nitrogens with zero attached hydrogens (tertiary/aromatic N) is 2. The number of benzene rings is 4. The minimum Gasteiger partial charge on any atom is -0.438 e. The van der Waals surface area contributed by atoms with Gasteiger partial charge in [0.25, 0.3) is 0 Å². The molecule has 31 heavy (non-hydrogen) atoms. The lowest BCUT2D eigenvalue weighted by Gasteiger charge is -2.30. The van der Waals surface area contributed by atoms with Crippen LogP contribution in [0.15, 0.2) is 103 Å². The Bertz CT molecular complexity index is 1380. The lowest BCUT2D eigenvalue weighted by Crippen LogP contribution is -2.16. The van der Waals surface area contributed by atoms with Crippen LogP contribution in [0.25, 0.3) is 10.8 Å². The van der Waals surface area contributed by atoms with E-state index in [1.807, 2.05) is 48.5 Å². The molecule has 4 heteroatoms. The number of ether oxygens (including phenoxy) is 1. The van der Waals surface area contributed by atoms with Crippen LogP contribution in [0.2, 0.25) is 0 Å². The van der Waals surface area contributed by atoms with Gasteiger partial charge in [0.1, 0.15) is 17.9 Å². The van der Waals surface area contributed by atoms with E-state index in [1.54, 1.807) is 6.33 Å². The first-order chi connectivity index (χ1) is 15.4. The van der Waals surface area contributed by atoms with Crippen LogP contribution in [0.1, 0.15) is 22.6 Å². The molecule has 5 aromatic rings. The zero-order valence-corrected chi connectivity index (χ0v) is 16.7. The summed E-state index contributed by atoms with van der Waals surface area (Å²) in [6.45, 7) is 0. The highest BCUT2D eigenvalue weighted by Crippen LogP contribution is 2.51. The number of nitrogens with one attached hydrogen (secondary N) is 1. The van der Waals surface area contributed by atoms with E-state index >= 15 is 0 Å². The molecule has 0 saturated carbocycles. The summed E-state index contributed by atoms with van der Waals surface area (Å²) in [7, 11) is 0. The Morgan fingerprint density at radius 3 is 2.29 bits per heavy atom. The second-order valence-electron chi connectivity index (χ2n) is 7.58. The van der Waals surface area contributed by atoms with Gasteiger partial charge in [0.2, 0.25) is 5.88 Å². The molecule has 1 aromatic heterocycles. The average Bonchev–Trinajstić information content (AvgIpc) is 2.84. The van der Waals surface area contributed by atoms with Crippen LogP contribution in [-0.2, 0) is 0 Å². The molecule has 0 spiro atoms. The highest BCUT2D eigenvalue weighted by atomic mass is 16.5. The van der Waals surface area contributed by atoms with E-state index in [4.69, 9.17) is 4.74 Å². The molecule has 0 bridgehead atoms. The number of aromatic nitrogens is 2. The number of rotatable bonds is 3. The second kappa shape index (κ2) is 7.26. The highest BCUT2D eigenvalue weighted by Gasteiger charge is 2.33. The Morgan fingerprint density at radius 1 is 0.710 bits per heavy atom. The first-order valence-electron chi connectivity index (χ1n) is 10.3. The quantitative estimate of drug-likeness (QED) is 0.360. The molecule has 2 heterocycles. The van der Waals surface area contributed by atoms with Crippen LogP contribution in [0, 0.1) is 0 Å². The molecule has 0 radical (unpaired) electrons. The topological polar surface area (TPSA) is 47.0 Å². The van der Waals surface area contributed by atoms with Gasteiger partial charge >= 0.3 is 0 Å². The molecule has 148 valence electrons. The minimum atomic E-state index is -0.0445. The van der Waals surface area contributed by atoms with Crippen LogP contribution in [0.4, 0.5) is 11.5 Å². The van der Waals surface area contributed by atoms with Gasteiger partial charge in [0.15, 0.2) is 0 Å². The van der Waals surface area contributed by atoms with Crippen molar-refractivity contribution in [2.45, 2.75) is 5.92 Å². The summed E-state index contributed by atoms with van der Waals surface area (Å²) in [5.74, 6) is 2.16. The molecule has 1 aliphatic heterocycles. The number of para-hydroxylation sites is 1. The van der Waals surface area contributed by atoms with Crippen molar-refractivity contribution in [1.82, 2.24) is 9.97 Å². The third-order valence-electron chi connectivity index (χ3n) is 5.73. The molecule has 1 atom stereocenters. The third-order valence-corrected chi connectivity index (χ3v) is 5.73. The average molecular weight is 401 g/mol. The van der Waals surface area contributed by atoms with E-state index in [0.29, 0.717) is 5.88 Å². The summed E-state index contributed by atoms with van der Waals surface area (Å²) < 4.78 is 6.43. The van der Waals surface area contributed by atoms with Crippen LogP contribution in [-0.4, -0.2) is 9.97 Å². The van der Waals surface area contributed by atoms with E-state index in [1.165, 1.54) is 5.56 Å². The fourth-order valence-corrected chi connectivity index (χ4v) is 4.32. The Hall–Kier alpha value is -4.18. The first-order valence-corrected chi connectivity index (χ1v) is 10.3. The van der Waals surface area contributed by atoms with E-state index in [9.17, 15) is 0 Å². The van der Waals surface area contributed by atoms with Crippen molar-refractivity contribution in [2.24, 2.45) is 0 Å². The Morgan fingerprint density at radius 2 is 1.45 bits per heavy atom. The fraction of sp³-hybridized carbons (Fsp3) is 0.0370. The first kappa shape index (κ1) is 17.7. The van der Waals surface area contributed by atoms with Gasteiger partial charge in [-0.25, -0.2) is 9.97 Å². The molecule has 0 aliphatic carbocycles. The zero-order valence-electron chi connectivity index (χ0n) is 16.7. The standard InChI is InChI=1S/C27H19N3O/c1-3-10-19(11-4-1)23-22-16-15-18-9-7-8-14-21(18)25(22)31-27-24(23)26(28-17-29-27)30-20-12-5-2-6-13-20/h1-17,23H,(H,28,29,30). The minimum absolute atomic E-state index is 0.0445. The lowest BCUT2D eigenvalue weighted by atomic mass is 9.82. The molecule has 6 rings (SSSR count). The van der Waals surface area contributed by atoms with E-state index in [0.717, 1.165) is 39.2 Å². The van der Waals surface area contributed by atoms with Crippen LogP contribution in [0.5, 0.6) is 11.6 Å². The highest BCUT2D eigenvalue weighted by molar-refractivity contribution is 5.91. The van der Waals surface area contributed by atoms with Gasteiger partial charge in [-0.2, -0.15) is 0 Å². The van der Waals surface area contributed by atoms with Gasteiger partial charge in [-0.3, -0.25) is 0 Å². The smallest absolute Gasteiger partial charge is 0.228 e. The molecular weight excluding hydrogens is 382 g/mol. The molecule has 1 N–H and O–H groups in total. The Kier molecular flexibility index (Phi) is 4.13. The van der Waals surface area contributed by atoms with E-state index in [2.05, 4.69) is 63.8 Å². The molecule has 1 unspecified atom stereocenters. The Balaban J connectivity index is 1.60. The van der Waals surface area contributed by atoms with Gasteiger partial charge in [0, 0.05) is 22.6 Å². The molecule has 0 amide bonds. The van der Waals surface area contributed by atoms with Gasteiger partial charge in [0.05, 0.1) is 5.56 Å². The van der Waals surface area contributed by atoms with Crippen LogP contribution >= 0.6 is 0 Å². The van der Waals surface area contributed by atoms with Gasteiger partial charge in [-0.15, -0.1) is 0 Å². The maximum Gasteiger partial charge on any atom is 0.228 e. The number of hydrogen-bond donors (Lipinski definition) is 1. The molecular formula is C27H19N3O. The lowest BCUT2D eigenvalue weighted by molar-refractivity contribution is 0.438. The zero-order chi connectivity index (χ0) is 20.6. The molecule has 0 saturated heterocycles. The predicted octanol–water partition coefficient (Wildman–Crippen LogP) is 6.66. The molecule has 4 aromatic carbocycles. The van der Waals surface area contributed by atoms with Crippen molar-refractivity contribution >= 4 is 22.3 Å². The summed E-state index contributed by atoms with van der Waals surface area (Å²) in [5.41, 5.74) is 4.21. The SMILES string of the molecule is c1ccc(Nc2ncnc3c2C(c2ccccc2)c2ccc4ccccc4c2O3)cc1. The van der Waals surface area contributed by atoms with Gasteiger partial charge in [-0.05, 0) is 23.1 Å². The summed E-state index contributed by atoms with van der Waals surface area (Å²) >= 11 is 0. The predicted molar refractivity (Wildman–Crippen MR) is 123 cm³/mol. The summed E-state index contributed by atoms with van der Waals surface area (Å²) in [6, 6.07) is 33.2. The van der Waals surface area contributed by atoms with Crippen molar-refractivity contribution in [1.29, 1.82) is 0 Å². The number of hydrogen-bond acceptors (Lipinski definition) is 4. The van der Waals surface area contributed by atoms with Crippen molar-refractivity contribution in [3.8, 4) is 11.6 Å². The van der Waals surface area contributed by atoms with Crippen LogP contribution < -0.4 is 10.1 Å². The monoisotopic (exact) mass is 401 g/mol. The Labute approximate surface area is 180 Å². The molecule has 1 aliphatic rings.